The Morgan fingerprint density at radius 3 is 2.90 bits per heavy atom. The number of nitrogens with one attached hydrogen (secondary N) is 1. The van der Waals surface area contributed by atoms with Crippen LogP contribution in [0.2, 0.25) is 0 Å². The Labute approximate surface area is 139 Å². The fraction of sp³-hybridized carbons (Fsp3) is 0.500. The van der Waals surface area contributed by atoms with E-state index >= 15 is 0 Å². The quantitative estimate of drug-likeness (QED) is 0.787. The minimum atomic E-state index is 0.342. The van der Waals surface area contributed by atoms with E-state index in [9.17, 15) is 0 Å². The average molecular weight is 396 g/mol. The molecule has 1 aliphatic rings. The number of aryl methyl sites for hydroxylation is 1. The van der Waals surface area contributed by atoms with Crippen molar-refractivity contribution in [1.82, 2.24) is 20.1 Å². The molecule has 1 N–H and O–H groups in total. The lowest BCUT2D eigenvalue weighted by Crippen LogP contribution is -2.30. The first kappa shape index (κ1) is 15.0. The maximum atomic E-state index is 4.40. The number of hydrogen-bond acceptors (Lipinski definition) is 3. The van der Waals surface area contributed by atoms with Gasteiger partial charge in [-0.2, -0.15) is 5.10 Å². The van der Waals surface area contributed by atoms with Crippen LogP contribution in [0, 0.1) is 3.57 Å². The lowest BCUT2D eigenvalue weighted by molar-refractivity contribution is 0.411. The van der Waals surface area contributed by atoms with Crippen molar-refractivity contribution in [2.24, 2.45) is 0 Å². The van der Waals surface area contributed by atoms with Gasteiger partial charge >= 0.3 is 0 Å². The fourth-order valence-corrected chi connectivity index (χ4v) is 3.36. The van der Waals surface area contributed by atoms with E-state index in [2.05, 4.69) is 76.1 Å². The molecule has 0 saturated heterocycles. The second-order valence-electron chi connectivity index (χ2n) is 5.93. The largest absolute Gasteiger partial charge is 0.305 e. The van der Waals surface area contributed by atoms with Gasteiger partial charge in [0, 0.05) is 9.61 Å². The third kappa shape index (κ3) is 3.45. The molecule has 0 bridgehead atoms. The topological polar surface area (TPSA) is 42.7 Å². The molecule has 21 heavy (non-hydrogen) atoms. The molecule has 1 aliphatic heterocycles. The van der Waals surface area contributed by atoms with Gasteiger partial charge in [-0.15, -0.1) is 0 Å². The van der Waals surface area contributed by atoms with Crippen molar-refractivity contribution in [3.05, 3.63) is 45.6 Å². The summed E-state index contributed by atoms with van der Waals surface area (Å²) in [6.07, 6.45) is 5.00. The van der Waals surface area contributed by atoms with Crippen LogP contribution < -0.4 is 5.32 Å². The number of rotatable bonds is 5. The van der Waals surface area contributed by atoms with Gasteiger partial charge in [-0.1, -0.05) is 12.1 Å². The van der Waals surface area contributed by atoms with E-state index in [1.165, 1.54) is 9.13 Å². The second-order valence-corrected chi connectivity index (χ2v) is 7.18. The summed E-state index contributed by atoms with van der Waals surface area (Å²) >= 11 is 2.35. The van der Waals surface area contributed by atoms with Gasteiger partial charge in [0.15, 0.2) is 0 Å². The Hall–Kier alpha value is -0.950. The van der Waals surface area contributed by atoms with Gasteiger partial charge in [0.05, 0.1) is 12.1 Å². The summed E-state index contributed by atoms with van der Waals surface area (Å²) in [6.45, 7) is 4.46. The zero-order valence-electron chi connectivity index (χ0n) is 12.5. The summed E-state index contributed by atoms with van der Waals surface area (Å²) < 4.78 is 3.34. The Bertz CT molecular complexity index is 593. The predicted octanol–water partition coefficient (Wildman–Crippen LogP) is 3.50. The molecule has 3 unspecified atom stereocenters. The lowest BCUT2D eigenvalue weighted by atomic mass is 10.0. The van der Waals surface area contributed by atoms with Crippen LogP contribution in [0.15, 0.2) is 30.6 Å². The number of hydrogen-bond donors (Lipinski definition) is 1. The normalized spacial score (nSPS) is 22.2. The van der Waals surface area contributed by atoms with E-state index in [0.29, 0.717) is 18.1 Å². The van der Waals surface area contributed by atoms with Crippen molar-refractivity contribution in [2.75, 3.05) is 0 Å². The number of benzene rings is 1. The molecule has 1 aromatic heterocycles. The second kappa shape index (κ2) is 6.44. The molecule has 1 aromatic carbocycles. The van der Waals surface area contributed by atoms with Crippen LogP contribution in [0.5, 0.6) is 0 Å². The minimum Gasteiger partial charge on any atom is -0.305 e. The minimum absolute atomic E-state index is 0.342. The van der Waals surface area contributed by atoms with Crippen LogP contribution in [0.1, 0.15) is 50.2 Å². The fourth-order valence-electron chi connectivity index (χ4n) is 3.00. The molecule has 2 heterocycles. The lowest BCUT2D eigenvalue weighted by Gasteiger charge is -2.18. The highest BCUT2D eigenvalue weighted by Gasteiger charge is 2.30. The Morgan fingerprint density at radius 2 is 2.14 bits per heavy atom. The first-order valence-electron chi connectivity index (χ1n) is 7.53. The molecule has 5 heteroatoms. The molecule has 0 saturated carbocycles. The third-order valence-corrected chi connectivity index (χ3v) is 4.89. The van der Waals surface area contributed by atoms with Gasteiger partial charge in [0.25, 0.3) is 0 Å². The number of nitrogens with zero attached hydrogens (tertiary/aromatic N) is 3. The van der Waals surface area contributed by atoms with Gasteiger partial charge in [0.1, 0.15) is 12.2 Å². The first-order chi connectivity index (χ1) is 10.1. The number of fused-ring (bicyclic) bond motifs is 1. The van der Waals surface area contributed by atoms with E-state index < -0.39 is 0 Å². The summed E-state index contributed by atoms with van der Waals surface area (Å²) in [5.41, 5.74) is 1.41. The van der Waals surface area contributed by atoms with Crippen molar-refractivity contribution in [3.8, 4) is 0 Å². The van der Waals surface area contributed by atoms with Crippen molar-refractivity contribution in [2.45, 2.75) is 51.2 Å². The van der Waals surface area contributed by atoms with Gasteiger partial charge in [-0.05, 0) is 73.4 Å². The van der Waals surface area contributed by atoms with E-state index in [4.69, 9.17) is 0 Å². The number of halogens is 1. The molecular weight excluding hydrogens is 375 g/mol. The van der Waals surface area contributed by atoms with Crippen LogP contribution in [-0.4, -0.2) is 20.8 Å². The molecule has 0 fully saturated rings. The maximum Gasteiger partial charge on any atom is 0.144 e. The van der Waals surface area contributed by atoms with Gasteiger partial charge in [0.2, 0.25) is 0 Å². The molecule has 3 rings (SSSR count). The predicted molar refractivity (Wildman–Crippen MR) is 92.2 cm³/mol. The molecule has 3 atom stereocenters. The van der Waals surface area contributed by atoms with Crippen LogP contribution in [0.4, 0.5) is 0 Å². The van der Waals surface area contributed by atoms with Gasteiger partial charge < -0.3 is 5.32 Å². The van der Waals surface area contributed by atoms with Crippen molar-refractivity contribution in [1.29, 1.82) is 0 Å². The van der Waals surface area contributed by atoms with Crippen LogP contribution >= 0.6 is 22.6 Å². The van der Waals surface area contributed by atoms with Crippen LogP contribution in [0.3, 0.4) is 0 Å². The molecule has 0 spiro atoms. The van der Waals surface area contributed by atoms with Crippen molar-refractivity contribution >= 4 is 22.6 Å². The molecular formula is C16H21IN4. The Morgan fingerprint density at radius 1 is 1.38 bits per heavy atom. The van der Waals surface area contributed by atoms with E-state index in [-0.39, 0.29) is 0 Å². The monoisotopic (exact) mass is 396 g/mol. The molecule has 4 nitrogen and oxygen atoms in total. The van der Waals surface area contributed by atoms with E-state index in [1.54, 1.807) is 6.33 Å². The summed E-state index contributed by atoms with van der Waals surface area (Å²) in [5.74, 6) is 1.09. The highest BCUT2D eigenvalue weighted by Crippen LogP contribution is 2.31. The highest BCUT2D eigenvalue weighted by molar-refractivity contribution is 14.1. The summed E-state index contributed by atoms with van der Waals surface area (Å²) in [6, 6.07) is 10.1. The molecule has 0 amide bonds. The smallest absolute Gasteiger partial charge is 0.144 e. The van der Waals surface area contributed by atoms with Crippen LogP contribution in [-0.2, 0) is 6.42 Å². The van der Waals surface area contributed by atoms with E-state index in [0.717, 1.165) is 25.1 Å². The third-order valence-electron chi connectivity index (χ3n) is 4.17. The van der Waals surface area contributed by atoms with Gasteiger partial charge in [-0.25, -0.2) is 9.67 Å². The molecule has 0 aliphatic carbocycles. The van der Waals surface area contributed by atoms with E-state index in [1.807, 2.05) is 4.68 Å². The Balaban J connectivity index is 1.53. The molecule has 2 aromatic rings. The van der Waals surface area contributed by atoms with Crippen molar-refractivity contribution in [3.63, 3.8) is 0 Å². The highest BCUT2D eigenvalue weighted by atomic mass is 127. The van der Waals surface area contributed by atoms with Gasteiger partial charge in [-0.3, -0.25) is 0 Å². The summed E-state index contributed by atoms with van der Waals surface area (Å²) in [7, 11) is 0. The summed E-state index contributed by atoms with van der Waals surface area (Å²) in [5, 5.41) is 8.01. The molecule has 112 valence electrons. The Kier molecular flexibility index (Phi) is 4.59. The number of aromatic nitrogens is 3. The van der Waals surface area contributed by atoms with Crippen LogP contribution in [0.25, 0.3) is 0 Å². The zero-order valence-corrected chi connectivity index (χ0v) is 14.6. The average Bonchev–Trinajstić information content (AvgIpc) is 3.04. The first-order valence-corrected chi connectivity index (χ1v) is 8.61. The SMILES string of the molecule is CC(CCc1ccc(I)cc1)NC1CC(C)n2ncnc21. The molecule has 0 radical (unpaired) electrons. The van der Waals surface area contributed by atoms with Crippen molar-refractivity contribution < 1.29 is 0 Å². The zero-order chi connectivity index (χ0) is 14.8. The summed E-state index contributed by atoms with van der Waals surface area (Å²) in [4.78, 5) is 4.40. The standard InChI is InChI=1S/C16H21IN4/c1-11(3-4-13-5-7-14(17)8-6-13)20-15-9-12(2)21-16(15)18-10-19-21/h5-8,10-12,15,20H,3-4,9H2,1-2H3. The maximum absolute atomic E-state index is 4.40.